The van der Waals surface area contributed by atoms with Gasteiger partial charge in [0.1, 0.15) is 0 Å². The van der Waals surface area contributed by atoms with E-state index in [9.17, 15) is 14.7 Å². The normalized spacial score (nSPS) is 11.9. The summed E-state index contributed by atoms with van der Waals surface area (Å²) in [6, 6.07) is 6.00. The van der Waals surface area contributed by atoms with Gasteiger partial charge in [-0.2, -0.15) is 0 Å². The third kappa shape index (κ3) is 5.87. The minimum absolute atomic E-state index is 0.0167. The molecule has 27 heavy (non-hydrogen) atoms. The van der Waals surface area contributed by atoms with Gasteiger partial charge in [-0.1, -0.05) is 29.3 Å². The number of amides is 1. The SMILES string of the molecule is COc1cc(/C=C/C(=O)O[C@@H](C)C(=O)Nc2ncc(Cl)cc2Cl)ccc1O. The van der Waals surface area contributed by atoms with Gasteiger partial charge in [-0.05, 0) is 36.8 Å². The Bertz CT molecular complexity index is 886. The number of hydrogen-bond donors (Lipinski definition) is 2. The first-order valence-electron chi connectivity index (χ1n) is 7.67. The molecule has 1 heterocycles. The zero-order chi connectivity index (χ0) is 20.0. The van der Waals surface area contributed by atoms with Crippen molar-refractivity contribution >= 4 is 47.0 Å². The van der Waals surface area contributed by atoms with E-state index in [0.717, 1.165) is 6.08 Å². The van der Waals surface area contributed by atoms with Crippen molar-refractivity contribution in [2.45, 2.75) is 13.0 Å². The average Bonchev–Trinajstić information content (AvgIpc) is 2.63. The van der Waals surface area contributed by atoms with Gasteiger partial charge in [0.2, 0.25) is 0 Å². The number of aromatic hydroxyl groups is 1. The second-order valence-corrected chi connectivity index (χ2v) is 6.16. The minimum Gasteiger partial charge on any atom is -0.504 e. The molecule has 0 aliphatic rings. The molecule has 0 fully saturated rings. The lowest BCUT2D eigenvalue weighted by atomic mass is 10.2. The number of carbonyl (C=O) groups excluding carboxylic acids is 2. The first-order valence-corrected chi connectivity index (χ1v) is 8.43. The smallest absolute Gasteiger partial charge is 0.331 e. The van der Waals surface area contributed by atoms with Crippen molar-refractivity contribution in [1.29, 1.82) is 0 Å². The van der Waals surface area contributed by atoms with E-state index >= 15 is 0 Å². The highest BCUT2D eigenvalue weighted by Crippen LogP contribution is 2.26. The van der Waals surface area contributed by atoms with Crippen LogP contribution in [-0.2, 0) is 14.3 Å². The number of nitrogens with one attached hydrogen (secondary N) is 1. The van der Waals surface area contributed by atoms with E-state index in [1.54, 1.807) is 12.1 Å². The molecule has 2 N–H and O–H groups in total. The largest absolute Gasteiger partial charge is 0.504 e. The maximum Gasteiger partial charge on any atom is 0.331 e. The van der Waals surface area contributed by atoms with Gasteiger partial charge in [0.05, 0.1) is 17.2 Å². The lowest BCUT2D eigenvalue weighted by Crippen LogP contribution is -2.29. The van der Waals surface area contributed by atoms with Crippen LogP contribution in [0.15, 0.2) is 36.5 Å². The monoisotopic (exact) mass is 410 g/mol. The summed E-state index contributed by atoms with van der Waals surface area (Å²) in [7, 11) is 1.42. The fourth-order valence-electron chi connectivity index (χ4n) is 1.95. The molecule has 9 heteroatoms. The van der Waals surface area contributed by atoms with E-state index in [0.29, 0.717) is 10.6 Å². The topological polar surface area (TPSA) is 97.8 Å². The summed E-state index contributed by atoms with van der Waals surface area (Å²) in [4.78, 5) is 27.9. The zero-order valence-electron chi connectivity index (χ0n) is 14.4. The average molecular weight is 411 g/mol. The maximum atomic E-state index is 12.1. The molecular weight excluding hydrogens is 395 g/mol. The fraction of sp³-hybridized carbons (Fsp3) is 0.167. The molecule has 1 aromatic heterocycles. The quantitative estimate of drug-likeness (QED) is 0.556. The highest BCUT2D eigenvalue weighted by atomic mass is 35.5. The molecule has 0 spiro atoms. The van der Waals surface area contributed by atoms with E-state index in [4.69, 9.17) is 32.7 Å². The van der Waals surface area contributed by atoms with E-state index in [2.05, 4.69) is 10.3 Å². The van der Waals surface area contributed by atoms with E-state index in [1.807, 2.05) is 0 Å². The molecule has 0 saturated heterocycles. The summed E-state index contributed by atoms with van der Waals surface area (Å²) < 4.78 is 10.0. The molecule has 0 saturated carbocycles. The molecule has 1 amide bonds. The van der Waals surface area contributed by atoms with Crippen molar-refractivity contribution in [3.63, 3.8) is 0 Å². The molecule has 0 aliphatic carbocycles. The van der Waals surface area contributed by atoms with Gasteiger partial charge in [-0.15, -0.1) is 0 Å². The van der Waals surface area contributed by atoms with E-state index < -0.39 is 18.0 Å². The predicted octanol–water partition coefficient (Wildman–Crippen LogP) is 3.69. The van der Waals surface area contributed by atoms with Gasteiger partial charge in [-0.25, -0.2) is 9.78 Å². The lowest BCUT2D eigenvalue weighted by molar-refractivity contribution is -0.148. The van der Waals surface area contributed by atoms with Crippen LogP contribution < -0.4 is 10.1 Å². The van der Waals surface area contributed by atoms with Gasteiger partial charge < -0.3 is 19.9 Å². The Morgan fingerprint density at radius 2 is 2.04 bits per heavy atom. The number of ether oxygens (including phenoxy) is 2. The van der Waals surface area contributed by atoms with Crippen molar-refractivity contribution in [3.05, 3.63) is 52.1 Å². The molecule has 2 aromatic rings. The number of pyridine rings is 1. The summed E-state index contributed by atoms with van der Waals surface area (Å²) >= 11 is 11.7. The number of phenolic OH excluding ortho intramolecular Hbond substituents is 1. The van der Waals surface area contributed by atoms with Crippen molar-refractivity contribution in [1.82, 2.24) is 4.98 Å². The van der Waals surface area contributed by atoms with E-state index in [1.165, 1.54) is 38.4 Å². The number of nitrogens with zero attached hydrogens (tertiary/aromatic N) is 1. The standard InChI is InChI=1S/C18H16Cl2N2O5/c1-10(18(25)22-17-13(20)8-12(19)9-21-17)27-16(24)6-4-11-3-5-14(23)15(7-11)26-2/h3-10,23H,1-2H3,(H,21,22,25)/b6-4+/t10-/m0/s1. The van der Waals surface area contributed by atoms with Crippen molar-refractivity contribution in [3.8, 4) is 11.5 Å². The number of hydrogen-bond acceptors (Lipinski definition) is 6. The molecule has 1 aromatic carbocycles. The number of methoxy groups -OCH3 is 1. The Morgan fingerprint density at radius 3 is 2.70 bits per heavy atom. The molecule has 142 valence electrons. The van der Waals surface area contributed by atoms with Crippen molar-refractivity contribution < 1.29 is 24.2 Å². The number of aromatic nitrogens is 1. The molecule has 1 atom stereocenters. The third-order valence-corrected chi connectivity index (χ3v) is 3.82. The molecule has 0 unspecified atom stereocenters. The second-order valence-electron chi connectivity index (χ2n) is 5.32. The number of anilines is 1. The zero-order valence-corrected chi connectivity index (χ0v) is 15.9. The molecule has 0 radical (unpaired) electrons. The number of benzene rings is 1. The summed E-state index contributed by atoms with van der Waals surface area (Å²) in [6.07, 6.45) is 2.87. The maximum absolute atomic E-state index is 12.1. The van der Waals surface area contributed by atoms with Crippen LogP contribution in [0.2, 0.25) is 10.0 Å². The second kappa shape index (κ2) is 9.25. The van der Waals surface area contributed by atoms with Crippen LogP contribution >= 0.6 is 23.2 Å². The van der Waals surface area contributed by atoms with Gasteiger partial charge in [-0.3, -0.25) is 4.79 Å². The van der Waals surface area contributed by atoms with Crippen molar-refractivity contribution in [2.24, 2.45) is 0 Å². The molecular formula is C18H16Cl2N2O5. The number of carbonyl (C=O) groups is 2. The van der Waals surface area contributed by atoms with Gasteiger partial charge in [0, 0.05) is 12.3 Å². The first kappa shape index (κ1) is 20.5. The fourth-order valence-corrected chi connectivity index (χ4v) is 2.38. The number of esters is 1. The number of rotatable bonds is 6. The van der Waals surface area contributed by atoms with Crippen LogP contribution in [0.1, 0.15) is 12.5 Å². The minimum atomic E-state index is -1.08. The summed E-state index contributed by atoms with van der Waals surface area (Å²) in [5.41, 5.74) is 0.607. The Morgan fingerprint density at radius 1 is 1.30 bits per heavy atom. The Hall–Kier alpha value is -2.77. The summed E-state index contributed by atoms with van der Waals surface area (Å²) in [5, 5.41) is 12.5. The van der Waals surface area contributed by atoms with Crippen LogP contribution in [0.25, 0.3) is 6.08 Å². The van der Waals surface area contributed by atoms with Gasteiger partial charge in [0.15, 0.2) is 23.4 Å². The Labute approximate surface area is 165 Å². The van der Waals surface area contributed by atoms with E-state index in [-0.39, 0.29) is 22.3 Å². The number of halogens is 2. The highest BCUT2D eigenvalue weighted by Gasteiger charge is 2.18. The highest BCUT2D eigenvalue weighted by molar-refractivity contribution is 6.36. The molecule has 0 bridgehead atoms. The van der Waals surface area contributed by atoms with Gasteiger partial charge in [0.25, 0.3) is 5.91 Å². The summed E-state index contributed by atoms with van der Waals surface area (Å²) in [6.45, 7) is 1.41. The van der Waals surface area contributed by atoms with Crippen LogP contribution in [0.5, 0.6) is 11.5 Å². The van der Waals surface area contributed by atoms with Gasteiger partial charge >= 0.3 is 5.97 Å². The lowest BCUT2D eigenvalue weighted by Gasteiger charge is -2.12. The third-order valence-electron chi connectivity index (χ3n) is 3.33. The van der Waals surface area contributed by atoms with Crippen molar-refractivity contribution in [2.75, 3.05) is 12.4 Å². The predicted molar refractivity (Wildman–Crippen MR) is 102 cm³/mol. The Kier molecular flexibility index (Phi) is 7.04. The van der Waals surface area contributed by atoms with Crippen LogP contribution in [0, 0.1) is 0 Å². The Balaban J connectivity index is 1.95. The molecule has 0 aliphatic heterocycles. The van der Waals surface area contributed by atoms with Crippen LogP contribution in [0.4, 0.5) is 5.82 Å². The summed E-state index contributed by atoms with van der Waals surface area (Å²) in [5.74, 6) is -0.956. The van der Waals surface area contributed by atoms with Crippen LogP contribution in [0.3, 0.4) is 0 Å². The first-order chi connectivity index (χ1) is 12.8. The molecule has 2 rings (SSSR count). The van der Waals surface area contributed by atoms with Crippen LogP contribution in [-0.4, -0.2) is 35.2 Å². The molecule has 7 nitrogen and oxygen atoms in total. The number of phenols is 1.